The fourth-order valence-corrected chi connectivity index (χ4v) is 10.4. The number of allylic oxidation sites excluding steroid dienone is 2. The molecule has 0 aromatic rings. The van der Waals surface area contributed by atoms with Crippen molar-refractivity contribution in [2.75, 3.05) is 6.61 Å². The van der Waals surface area contributed by atoms with Crippen molar-refractivity contribution >= 4 is 11.8 Å². The van der Waals surface area contributed by atoms with Crippen LogP contribution in [0, 0.1) is 50.2 Å². The Kier molecular flexibility index (Phi) is 5.40. The van der Waals surface area contributed by atoms with Crippen molar-refractivity contribution in [1.82, 2.24) is 0 Å². The van der Waals surface area contributed by atoms with E-state index < -0.39 is 28.3 Å². The quantitative estimate of drug-likeness (QED) is 0.455. The van der Waals surface area contributed by atoms with Crippen molar-refractivity contribution in [3.05, 3.63) is 11.6 Å². The van der Waals surface area contributed by atoms with Gasteiger partial charge in [0.25, 0.3) is 0 Å². The van der Waals surface area contributed by atoms with Gasteiger partial charge < -0.3 is 15.3 Å². The smallest absolute Gasteiger partial charge is 0.309 e. The van der Waals surface area contributed by atoms with Gasteiger partial charge in [0, 0.05) is 22.7 Å². The summed E-state index contributed by atoms with van der Waals surface area (Å²) in [7, 11) is 0. The highest BCUT2D eigenvalue weighted by Gasteiger charge is 2.70. The van der Waals surface area contributed by atoms with Gasteiger partial charge in [-0.1, -0.05) is 46.3 Å². The Hall–Kier alpha value is -1.20. The van der Waals surface area contributed by atoms with Gasteiger partial charge in [0.05, 0.1) is 18.1 Å². The largest absolute Gasteiger partial charge is 0.481 e. The average Bonchev–Trinajstić information content (AvgIpc) is 2.79. The number of hydrogen-bond donors (Lipinski definition) is 3. The summed E-state index contributed by atoms with van der Waals surface area (Å²) in [6.45, 7) is 13.1. The number of fused-ring (bicyclic) bond motifs is 7. The van der Waals surface area contributed by atoms with Crippen molar-refractivity contribution in [3.8, 4) is 0 Å². The minimum atomic E-state index is -0.784. The van der Waals surface area contributed by atoms with Crippen molar-refractivity contribution in [3.63, 3.8) is 0 Å². The number of carboxylic acids is 1. The molecule has 3 N–H and O–H groups in total. The molecule has 0 aliphatic heterocycles. The minimum absolute atomic E-state index is 0.00288. The molecule has 196 valence electrons. The van der Waals surface area contributed by atoms with Gasteiger partial charge in [-0.3, -0.25) is 9.59 Å². The molecule has 35 heavy (non-hydrogen) atoms. The molecule has 0 aromatic heterocycles. The summed E-state index contributed by atoms with van der Waals surface area (Å²) in [4.78, 5) is 26.2. The Morgan fingerprint density at radius 2 is 1.69 bits per heavy atom. The Balaban J connectivity index is 1.60. The van der Waals surface area contributed by atoms with Gasteiger partial charge in [0.2, 0.25) is 0 Å². The predicted molar refractivity (Wildman–Crippen MR) is 134 cm³/mol. The molecule has 0 bridgehead atoms. The monoisotopic (exact) mass is 486 g/mol. The number of aliphatic hydroxyl groups excluding tert-OH is 2. The maximum absolute atomic E-state index is 13.9. The van der Waals surface area contributed by atoms with Crippen LogP contribution in [0.2, 0.25) is 0 Å². The van der Waals surface area contributed by atoms with E-state index in [4.69, 9.17) is 0 Å². The van der Waals surface area contributed by atoms with Gasteiger partial charge in [-0.2, -0.15) is 0 Å². The molecule has 5 heteroatoms. The van der Waals surface area contributed by atoms with Crippen LogP contribution < -0.4 is 0 Å². The zero-order chi connectivity index (χ0) is 25.8. The van der Waals surface area contributed by atoms with Crippen LogP contribution in [-0.4, -0.2) is 39.8 Å². The van der Waals surface area contributed by atoms with E-state index >= 15 is 0 Å². The first-order valence-electron chi connectivity index (χ1n) is 13.9. The first-order chi connectivity index (χ1) is 16.1. The third kappa shape index (κ3) is 2.94. The van der Waals surface area contributed by atoms with Crippen LogP contribution in [0.5, 0.6) is 0 Å². The molecule has 0 radical (unpaired) electrons. The van der Waals surface area contributed by atoms with Crippen molar-refractivity contribution in [2.45, 2.75) is 105 Å². The van der Waals surface area contributed by atoms with E-state index in [2.05, 4.69) is 40.7 Å². The van der Waals surface area contributed by atoms with Gasteiger partial charge in [0.1, 0.15) is 5.78 Å². The first-order valence-corrected chi connectivity index (χ1v) is 13.9. The SMILES string of the molecule is CC1(C(=O)O)CC[C@]2(C)C(=O)C[C@]3(C)C(=CC[C@@H]4[C@@]5(C)CC[C@H](O)[C@](C)(CO)C5CC[C@]43C)[C@H]2C1. The highest BCUT2D eigenvalue weighted by molar-refractivity contribution is 5.89. The van der Waals surface area contributed by atoms with Gasteiger partial charge in [0.15, 0.2) is 0 Å². The van der Waals surface area contributed by atoms with Gasteiger partial charge in [-0.05, 0) is 86.9 Å². The number of carboxylic acid groups (broad SMARTS) is 1. The Morgan fingerprint density at radius 1 is 1.00 bits per heavy atom. The number of hydrogen-bond acceptors (Lipinski definition) is 4. The number of Topliss-reactive ketones (excluding diaryl/α,β-unsaturated/α-hetero) is 1. The second-order valence-corrected chi connectivity index (χ2v) is 14.7. The van der Waals surface area contributed by atoms with Crippen molar-refractivity contribution in [2.24, 2.45) is 50.2 Å². The van der Waals surface area contributed by atoms with E-state index in [0.29, 0.717) is 43.8 Å². The highest BCUT2D eigenvalue weighted by atomic mass is 16.4. The van der Waals surface area contributed by atoms with Crippen LogP contribution >= 0.6 is 0 Å². The fraction of sp³-hybridized carbons (Fsp3) is 0.867. The number of aliphatic carboxylic acids is 1. The second kappa shape index (κ2) is 7.43. The molecule has 5 nitrogen and oxygen atoms in total. The van der Waals surface area contributed by atoms with E-state index in [0.717, 1.165) is 25.7 Å². The van der Waals surface area contributed by atoms with Crippen LogP contribution in [0.15, 0.2) is 11.6 Å². The predicted octanol–water partition coefficient (Wildman–Crippen LogP) is 5.39. The molecule has 2 unspecified atom stereocenters. The van der Waals surface area contributed by atoms with Crippen LogP contribution in [0.3, 0.4) is 0 Å². The molecular formula is C30H46O5. The molecule has 0 amide bonds. The van der Waals surface area contributed by atoms with Gasteiger partial charge in [-0.15, -0.1) is 0 Å². The molecule has 0 spiro atoms. The molecule has 5 aliphatic carbocycles. The lowest BCUT2D eigenvalue weighted by atomic mass is 9.33. The van der Waals surface area contributed by atoms with Crippen molar-refractivity contribution < 1.29 is 24.9 Å². The lowest BCUT2D eigenvalue weighted by Gasteiger charge is -2.71. The Morgan fingerprint density at radius 3 is 2.31 bits per heavy atom. The number of ketones is 1. The van der Waals surface area contributed by atoms with Gasteiger partial charge in [-0.25, -0.2) is 0 Å². The molecule has 0 aromatic carbocycles. The second-order valence-electron chi connectivity index (χ2n) is 14.7. The maximum atomic E-state index is 13.9. The maximum Gasteiger partial charge on any atom is 0.309 e. The molecule has 0 saturated heterocycles. The van der Waals surface area contributed by atoms with Crippen LogP contribution in [0.4, 0.5) is 0 Å². The summed E-state index contributed by atoms with van der Waals surface area (Å²) >= 11 is 0. The lowest BCUT2D eigenvalue weighted by molar-refractivity contribution is -0.214. The van der Waals surface area contributed by atoms with Crippen LogP contribution in [0.25, 0.3) is 0 Å². The van der Waals surface area contributed by atoms with E-state index in [-0.39, 0.29) is 34.7 Å². The molecule has 5 rings (SSSR count). The summed E-state index contributed by atoms with van der Waals surface area (Å²) < 4.78 is 0. The summed E-state index contributed by atoms with van der Waals surface area (Å²) in [5, 5.41) is 31.3. The number of rotatable bonds is 2. The number of carbonyl (C=O) groups excluding carboxylic acids is 1. The standard InChI is InChI=1S/C30H46O5/c1-25(24(34)35)13-14-26(2)19(15-25)18-7-8-21-27(3)11-10-22(32)28(4,17-31)20(27)9-12-29(21,5)30(18,6)16-23(26)33/h7,19-22,31-32H,8-17H2,1-6H3,(H,34,35)/t19-,20?,21-,22+,25?,26+,27+,28-,29-,30-/m1/s1. The van der Waals surface area contributed by atoms with Gasteiger partial charge >= 0.3 is 5.97 Å². The normalized spacial score (nSPS) is 55.7. The highest BCUT2D eigenvalue weighted by Crippen LogP contribution is 2.75. The Labute approximate surface area is 210 Å². The molecule has 0 heterocycles. The Bertz CT molecular complexity index is 987. The average molecular weight is 487 g/mol. The molecule has 4 saturated carbocycles. The van der Waals surface area contributed by atoms with Crippen LogP contribution in [-0.2, 0) is 9.59 Å². The minimum Gasteiger partial charge on any atom is -0.481 e. The number of carbonyl (C=O) groups is 2. The lowest BCUT2D eigenvalue weighted by Crippen LogP contribution is -2.66. The molecule has 4 fully saturated rings. The summed E-state index contributed by atoms with van der Waals surface area (Å²) in [5.41, 5.74) is -0.758. The summed E-state index contributed by atoms with van der Waals surface area (Å²) in [6.07, 6.45) is 8.76. The van der Waals surface area contributed by atoms with E-state index in [1.54, 1.807) is 0 Å². The topological polar surface area (TPSA) is 94.8 Å². The fourth-order valence-electron chi connectivity index (χ4n) is 10.4. The molecule has 5 aliphatic rings. The zero-order valence-electron chi connectivity index (χ0n) is 22.6. The van der Waals surface area contributed by atoms with Crippen LogP contribution in [0.1, 0.15) is 99.3 Å². The third-order valence-electron chi connectivity index (χ3n) is 13.3. The van der Waals surface area contributed by atoms with Crippen molar-refractivity contribution in [1.29, 1.82) is 0 Å². The number of aliphatic hydroxyl groups is 2. The van der Waals surface area contributed by atoms with E-state index in [1.807, 2.05) is 6.92 Å². The third-order valence-corrected chi connectivity index (χ3v) is 13.3. The summed E-state index contributed by atoms with van der Waals surface area (Å²) in [5.74, 6) is 0.185. The van der Waals surface area contributed by atoms with E-state index in [9.17, 15) is 24.9 Å². The first kappa shape index (κ1) is 25.4. The molecule has 10 atom stereocenters. The van der Waals surface area contributed by atoms with E-state index in [1.165, 1.54) is 5.57 Å². The zero-order valence-corrected chi connectivity index (χ0v) is 22.6. The molecular weight excluding hydrogens is 440 g/mol. The summed E-state index contributed by atoms with van der Waals surface area (Å²) in [6, 6.07) is 0.